The molecule has 5 heteroatoms. The van der Waals surface area contributed by atoms with Crippen LogP contribution in [0.25, 0.3) is 0 Å². The summed E-state index contributed by atoms with van der Waals surface area (Å²) in [5, 5.41) is 3.81. The summed E-state index contributed by atoms with van der Waals surface area (Å²) in [5.74, 6) is -0.577. The van der Waals surface area contributed by atoms with Crippen LogP contribution in [0.4, 0.5) is 0 Å². The standard InChI is InChI=1S/C16H11N3O2/c20-15(12-6-2-1-3-7-12)13-8-4-5-9-14(13)16(21)19-11-17-10-18-19/h1-11H. The summed E-state index contributed by atoms with van der Waals surface area (Å²) in [7, 11) is 0. The number of aromatic nitrogens is 3. The van der Waals surface area contributed by atoms with Gasteiger partial charge in [-0.05, 0) is 6.07 Å². The Morgan fingerprint density at radius 2 is 1.52 bits per heavy atom. The van der Waals surface area contributed by atoms with Gasteiger partial charge in [0, 0.05) is 11.1 Å². The molecule has 0 aliphatic carbocycles. The third kappa shape index (κ3) is 2.49. The topological polar surface area (TPSA) is 64.8 Å². The van der Waals surface area contributed by atoms with E-state index in [-0.39, 0.29) is 11.7 Å². The second-order valence-electron chi connectivity index (χ2n) is 4.39. The highest BCUT2D eigenvalue weighted by Gasteiger charge is 2.19. The summed E-state index contributed by atoms with van der Waals surface area (Å²) in [6, 6.07) is 15.5. The number of nitrogens with zero attached hydrogens (tertiary/aromatic N) is 3. The molecule has 21 heavy (non-hydrogen) atoms. The predicted molar refractivity (Wildman–Crippen MR) is 76.1 cm³/mol. The van der Waals surface area contributed by atoms with Gasteiger partial charge in [0.2, 0.25) is 0 Å². The first-order valence-electron chi connectivity index (χ1n) is 6.35. The largest absolute Gasteiger partial charge is 0.289 e. The molecule has 0 saturated heterocycles. The number of benzene rings is 2. The molecule has 0 atom stereocenters. The summed E-state index contributed by atoms with van der Waals surface area (Å²) in [5.41, 5.74) is 1.19. The molecule has 3 aromatic rings. The average Bonchev–Trinajstić information content (AvgIpc) is 3.09. The zero-order valence-corrected chi connectivity index (χ0v) is 11.0. The number of hydrogen-bond donors (Lipinski definition) is 0. The third-order valence-corrected chi connectivity index (χ3v) is 3.06. The van der Waals surface area contributed by atoms with Gasteiger partial charge in [0.15, 0.2) is 5.78 Å². The fraction of sp³-hybridized carbons (Fsp3) is 0. The Balaban J connectivity index is 2.05. The van der Waals surface area contributed by atoms with Gasteiger partial charge in [-0.3, -0.25) is 9.59 Å². The summed E-state index contributed by atoms with van der Waals surface area (Å²) >= 11 is 0. The van der Waals surface area contributed by atoms with E-state index in [9.17, 15) is 9.59 Å². The first-order chi connectivity index (χ1) is 10.3. The lowest BCUT2D eigenvalue weighted by atomic mass is 9.98. The van der Waals surface area contributed by atoms with E-state index >= 15 is 0 Å². The van der Waals surface area contributed by atoms with Crippen LogP contribution in [0, 0.1) is 0 Å². The molecule has 0 aliphatic rings. The minimum absolute atomic E-state index is 0.195. The molecule has 3 rings (SSSR count). The van der Waals surface area contributed by atoms with E-state index in [0.29, 0.717) is 16.7 Å². The molecule has 0 fully saturated rings. The molecule has 0 radical (unpaired) electrons. The van der Waals surface area contributed by atoms with Crippen molar-refractivity contribution < 1.29 is 9.59 Å². The van der Waals surface area contributed by atoms with Crippen LogP contribution in [0.15, 0.2) is 67.3 Å². The Morgan fingerprint density at radius 1 is 0.857 bits per heavy atom. The van der Waals surface area contributed by atoms with E-state index in [1.807, 2.05) is 6.07 Å². The fourth-order valence-electron chi connectivity index (χ4n) is 2.05. The van der Waals surface area contributed by atoms with E-state index in [1.165, 1.54) is 12.7 Å². The summed E-state index contributed by atoms with van der Waals surface area (Å²) in [6.07, 6.45) is 2.59. The third-order valence-electron chi connectivity index (χ3n) is 3.06. The number of carbonyl (C=O) groups is 2. The summed E-state index contributed by atoms with van der Waals surface area (Å²) in [4.78, 5) is 28.7. The minimum atomic E-state index is -0.382. The number of ketones is 1. The molecule has 0 spiro atoms. The van der Waals surface area contributed by atoms with Crippen molar-refractivity contribution in [3.05, 3.63) is 83.9 Å². The normalized spacial score (nSPS) is 10.3. The quantitative estimate of drug-likeness (QED) is 0.688. The predicted octanol–water partition coefficient (Wildman–Crippen LogP) is 2.20. The summed E-state index contributed by atoms with van der Waals surface area (Å²) in [6.45, 7) is 0. The highest BCUT2D eigenvalue weighted by Crippen LogP contribution is 2.15. The van der Waals surface area contributed by atoms with Crippen LogP contribution in [0.3, 0.4) is 0 Å². The van der Waals surface area contributed by atoms with Gasteiger partial charge in [-0.1, -0.05) is 48.5 Å². The smallest absolute Gasteiger partial charge is 0.280 e. The van der Waals surface area contributed by atoms with Gasteiger partial charge in [-0.15, -0.1) is 0 Å². The number of rotatable bonds is 3. The van der Waals surface area contributed by atoms with Gasteiger partial charge < -0.3 is 0 Å². The molecular weight excluding hydrogens is 266 g/mol. The van der Waals surface area contributed by atoms with E-state index < -0.39 is 0 Å². The lowest BCUT2D eigenvalue weighted by molar-refractivity contribution is 0.0934. The van der Waals surface area contributed by atoms with Gasteiger partial charge in [0.25, 0.3) is 5.91 Å². The maximum absolute atomic E-state index is 12.5. The molecule has 1 heterocycles. The van der Waals surface area contributed by atoms with Crippen LogP contribution in [-0.4, -0.2) is 26.5 Å². The van der Waals surface area contributed by atoms with Crippen molar-refractivity contribution in [2.45, 2.75) is 0 Å². The van der Waals surface area contributed by atoms with E-state index in [1.54, 1.807) is 48.5 Å². The van der Waals surface area contributed by atoms with Crippen molar-refractivity contribution in [2.75, 3.05) is 0 Å². The molecule has 0 N–H and O–H groups in total. The molecule has 0 aliphatic heterocycles. The van der Waals surface area contributed by atoms with Crippen LogP contribution < -0.4 is 0 Å². The monoisotopic (exact) mass is 277 g/mol. The molecule has 0 unspecified atom stereocenters. The van der Waals surface area contributed by atoms with E-state index in [0.717, 1.165) is 4.68 Å². The van der Waals surface area contributed by atoms with Crippen molar-refractivity contribution in [3.63, 3.8) is 0 Å². The Hall–Kier alpha value is -3.08. The minimum Gasteiger partial charge on any atom is -0.289 e. The first-order valence-corrected chi connectivity index (χ1v) is 6.35. The second kappa shape index (κ2) is 5.50. The Morgan fingerprint density at radius 3 is 2.19 bits per heavy atom. The van der Waals surface area contributed by atoms with Crippen molar-refractivity contribution in [3.8, 4) is 0 Å². The van der Waals surface area contributed by atoms with Gasteiger partial charge in [0.1, 0.15) is 12.7 Å². The second-order valence-corrected chi connectivity index (χ2v) is 4.39. The van der Waals surface area contributed by atoms with Crippen molar-refractivity contribution in [1.29, 1.82) is 0 Å². The highest BCUT2D eigenvalue weighted by molar-refractivity contribution is 6.15. The molecule has 0 saturated carbocycles. The molecule has 102 valence electrons. The first kappa shape index (κ1) is 12.9. The average molecular weight is 277 g/mol. The highest BCUT2D eigenvalue weighted by atomic mass is 16.2. The molecule has 0 bridgehead atoms. The van der Waals surface area contributed by atoms with Crippen molar-refractivity contribution in [1.82, 2.24) is 14.8 Å². The van der Waals surface area contributed by atoms with Gasteiger partial charge in [-0.25, -0.2) is 4.98 Å². The zero-order valence-electron chi connectivity index (χ0n) is 11.0. The Labute approximate surface area is 120 Å². The van der Waals surface area contributed by atoms with Crippen molar-refractivity contribution in [2.24, 2.45) is 0 Å². The number of carbonyl (C=O) groups excluding carboxylic acids is 2. The lowest BCUT2D eigenvalue weighted by Gasteiger charge is -2.07. The van der Waals surface area contributed by atoms with Gasteiger partial charge >= 0.3 is 0 Å². The van der Waals surface area contributed by atoms with Crippen molar-refractivity contribution >= 4 is 11.7 Å². The molecule has 1 aromatic heterocycles. The zero-order chi connectivity index (χ0) is 14.7. The maximum atomic E-state index is 12.5. The van der Waals surface area contributed by atoms with E-state index in [2.05, 4.69) is 10.1 Å². The van der Waals surface area contributed by atoms with Gasteiger partial charge in [0.05, 0.1) is 5.56 Å². The Kier molecular flexibility index (Phi) is 3.39. The van der Waals surface area contributed by atoms with Crippen LogP contribution in [0.5, 0.6) is 0 Å². The van der Waals surface area contributed by atoms with Crippen LogP contribution in [-0.2, 0) is 0 Å². The molecule has 2 aromatic carbocycles. The fourth-order valence-corrected chi connectivity index (χ4v) is 2.05. The van der Waals surface area contributed by atoms with Crippen LogP contribution in [0.1, 0.15) is 26.3 Å². The van der Waals surface area contributed by atoms with Crippen LogP contribution in [0.2, 0.25) is 0 Å². The van der Waals surface area contributed by atoms with Crippen LogP contribution >= 0.6 is 0 Å². The maximum Gasteiger partial charge on any atom is 0.280 e. The molecule has 0 amide bonds. The van der Waals surface area contributed by atoms with Gasteiger partial charge in [-0.2, -0.15) is 9.78 Å². The summed E-state index contributed by atoms with van der Waals surface area (Å²) < 4.78 is 1.11. The molecule has 5 nitrogen and oxygen atoms in total. The van der Waals surface area contributed by atoms with E-state index in [4.69, 9.17) is 0 Å². The molecular formula is C16H11N3O2. The Bertz CT molecular complexity index is 780. The SMILES string of the molecule is O=C(c1ccccc1)c1ccccc1C(=O)n1cncn1. The number of hydrogen-bond acceptors (Lipinski definition) is 4. The lowest BCUT2D eigenvalue weighted by Crippen LogP contribution is -2.17.